The number of amides is 1. The van der Waals surface area contributed by atoms with E-state index in [-0.39, 0.29) is 18.3 Å². The third-order valence-electron chi connectivity index (χ3n) is 3.09. The van der Waals surface area contributed by atoms with Gasteiger partial charge in [0.05, 0.1) is 10.4 Å². The van der Waals surface area contributed by atoms with E-state index in [9.17, 15) is 18.0 Å². The molecule has 3 aromatic rings. The summed E-state index contributed by atoms with van der Waals surface area (Å²) in [5.74, 6) is -0.555. The normalized spacial score (nSPS) is 11.5. The minimum Gasteiger partial charge on any atom is -0.411 e. The third-order valence-corrected chi connectivity index (χ3v) is 3.94. The summed E-state index contributed by atoms with van der Waals surface area (Å²) >= 11 is 1.39. The van der Waals surface area contributed by atoms with E-state index in [1.165, 1.54) is 23.5 Å². The van der Waals surface area contributed by atoms with E-state index < -0.39 is 17.6 Å². The van der Waals surface area contributed by atoms with E-state index in [2.05, 4.69) is 15.5 Å². The number of hydrogen-bond donors (Lipinski definition) is 1. The maximum absolute atomic E-state index is 12.5. The first-order valence-electron chi connectivity index (χ1n) is 6.75. The quantitative estimate of drug-likeness (QED) is 0.776. The average molecular weight is 353 g/mol. The summed E-state index contributed by atoms with van der Waals surface area (Å²) in [7, 11) is 0. The van der Waals surface area contributed by atoms with Crippen LogP contribution in [-0.2, 0) is 12.7 Å². The molecule has 0 aliphatic heterocycles. The van der Waals surface area contributed by atoms with Gasteiger partial charge in [-0.05, 0) is 29.1 Å². The van der Waals surface area contributed by atoms with Crippen LogP contribution in [0.4, 0.5) is 13.2 Å². The second-order valence-corrected chi connectivity index (χ2v) is 5.71. The molecule has 1 amide bonds. The number of alkyl halides is 3. The van der Waals surface area contributed by atoms with Crippen molar-refractivity contribution >= 4 is 17.2 Å². The lowest BCUT2D eigenvalue weighted by atomic mass is 10.1. The Morgan fingerprint density at radius 2 is 1.92 bits per heavy atom. The lowest BCUT2D eigenvalue weighted by molar-refractivity contribution is -0.137. The van der Waals surface area contributed by atoms with Crippen molar-refractivity contribution in [2.75, 3.05) is 0 Å². The number of aromatic nitrogens is 2. The van der Waals surface area contributed by atoms with E-state index in [4.69, 9.17) is 4.42 Å². The zero-order valence-electron chi connectivity index (χ0n) is 12.0. The summed E-state index contributed by atoms with van der Waals surface area (Å²) in [6.07, 6.45) is -4.39. The Morgan fingerprint density at radius 1 is 1.17 bits per heavy atom. The molecule has 0 spiro atoms. The number of benzene rings is 1. The van der Waals surface area contributed by atoms with Crippen molar-refractivity contribution in [2.24, 2.45) is 0 Å². The minimum absolute atomic E-state index is 0.0493. The van der Waals surface area contributed by atoms with Crippen molar-refractivity contribution in [3.8, 4) is 10.8 Å². The number of nitrogens with one attached hydrogen (secondary N) is 1. The molecular weight excluding hydrogens is 343 g/mol. The smallest absolute Gasteiger partial charge is 0.411 e. The number of nitrogens with zero attached hydrogens (tertiary/aromatic N) is 2. The molecule has 0 aliphatic carbocycles. The molecule has 0 saturated carbocycles. The molecule has 124 valence electrons. The second-order valence-electron chi connectivity index (χ2n) is 4.77. The Morgan fingerprint density at radius 3 is 2.54 bits per heavy atom. The number of carbonyl (C=O) groups is 1. The van der Waals surface area contributed by atoms with Crippen LogP contribution < -0.4 is 5.32 Å². The molecule has 0 unspecified atom stereocenters. The average Bonchev–Trinajstić information content (AvgIpc) is 3.22. The van der Waals surface area contributed by atoms with Crippen molar-refractivity contribution < 1.29 is 22.4 Å². The van der Waals surface area contributed by atoms with Gasteiger partial charge in [0.15, 0.2) is 0 Å². The topological polar surface area (TPSA) is 68.0 Å². The number of carbonyl (C=O) groups excluding carboxylic acids is 1. The third kappa shape index (κ3) is 3.62. The summed E-state index contributed by atoms with van der Waals surface area (Å²) in [5.41, 5.74) is -0.218. The summed E-state index contributed by atoms with van der Waals surface area (Å²) < 4.78 is 42.7. The van der Waals surface area contributed by atoms with Gasteiger partial charge in [-0.3, -0.25) is 4.79 Å². The summed E-state index contributed by atoms with van der Waals surface area (Å²) in [4.78, 5) is 12.7. The van der Waals surface area contributed by atoms with E-state index in [1.54, 1.807) is 6.07 Å². The van der Waals surface area contributed by atoms with Gasteiger partial charge in [-0.2, -0.15) is 13.2 Å². The number of halogens is 3. The summed E-state index contributed by atoms with van der Waals surface area (Å²) in [6.45, 7) is 0.0493. The van der Waals surface area contributed by atoms with Crippen molar-refractivity contribution in [1.29, 1.82) is 0 Å². The predicted molar refractivity (Wildman–Crippen MR) is 80.2 cm³/mol. The van der Waals surface area contributed by atoms with Gasteiger partial charge in [0.25, 0.3) is 5.89 Å². The molecular formula is C15H10F3N3O2S. The first kappa shape index (κ1) is 16.2. The van der Waals surface area contributed by atoms with Gasteiger partial charge in [-0.25, -0.2) is 0 Å². The Kier molecular flexibility index (Phi) is 4.34. The molecule has 0 atom stereocenters. The molecule has 2 aromatic heterocycles. The standard InChI is InChI=1S/C15H10F3N3O2S/c16-15(17,18)10-5-3-9(4-6-10)8-19-12(22)14-21-20-13(23-14)11-2-1-7-24-11/h1-7H,8H2,(H,19,22). The Bertz CT molecular complexity index is 827. The lowest BCUT2D eigenvalue weighted by Gasteiger charge is -2.07. The molecule has 0 bridgehead atoms. The van der Waals surface area contributed by atoms with Gasteiger partial charge < -0.3 is 9.73 Å². The predicted octanol–water partition coefficient (Wildman–Crippen LogP) is 3.75. The number of thiophene rings is 1. The van der Waals surface area contributed by atoms with Gasteiger partial charge in [-0.15, -0.1) is 21.5 Å². The molecule has 1 N–H and O–H groups in total. The fourth-order valence-corrected chi connectivity index (χ4v) is 2.53. The van der Waals surface area contributed by atoms with E-state index in [0.717, 1.165) is 17.0 Å². The Balaban J connectivity index is 1.61. The highest BCUT2D eigenvalue weighted by Crippen LogP contribution is 2.29. The largest absolute Gasteiger partial charge is 0.416 e. The van der Waals surface area contributed by atoms with Crippen molar-refractivity contribution in [2.45, 2.75) is 12.7 Å². The van der Waals surface area contributed by atoms with Crippen LogP contribution in [0, 0.1) is 0 Å². The highest BCUT2D eigenvalue weighted by Gasteiger charge is 2.29. The monoisotopic (exact) mass is 353 g/mol. The van der Waals surface area contributed by atoms with Crippen LogP contribution in [0.25, 0.3) is 10.8 Å². The number of hydrogen-bond acceptors (Lipinski definition) is 5. The van der Waals surface area contributed by atoms with Crippen molar-refractivity contribution in [3.63, 3.8) is 0 Å². The van der Waals surface area contributed by atoms with Gasteiger partial charge in [0.1, 0.15) is 0 Å². The van der Waals surface area contributed by atoms with Crippen LogP contribution in [0.5, 0.6) is 0 Å². The highest BCUT2D eigenvalue weighted by molar-refractivity contribution is 7.13. The molecule has 0 saturated heterocycles. The van der Waals surface area contributed by atoms with Crippen LogP contribution in [0.2, 0.25) is 0 Å². The molecule has 0 fully saturated rings. The first-order chi connectivity index (χ1) is 11.4. The van der Waals surface area contributed by atoms with Crippen LogP contribution in [-0.4, -0.2) is 16.1 Å². The van der Waals surface area contributed by atoms with Crippen LogP contribution >= 0.6 is 11.3 Å². The fraction of sp³-hybridized carbons (Fsp3) is 0.133. The molecule has 9 heteroatoms. The van der Waals surface area contributed by atoms with E-state index in [1.807, 2.05) is 11.4 Å². The molecule has 1 aromatic carbocycles. The maximum atomic E-state index is 12.5. The first-order valence-corrected chi connectivity index (χ1v) is 7.63. The Hall–Kier alpha value is -2.68. The minimum atomic E-state index is -4.39. The molecule has 24 heavy (non-hydrogen) atoms. The van der Waals surface area contributed by atoms with Gasteiger partial charge in [-0.1, -0.05) is 18.2 Å². The zero-order chi connectivity index (χ0) is 17.2. The van der Waals surface area contributed by atoms with E-state index in [0.29, 0.717) is 5.56 Å². The van der Waals surface area contributed by atoms with Crippen molar-refractivity contribution in [1.82, 2.24) is 15.5 Å². The SMILES string of the molecule is O=C(NCc1ccc(C(F)(F)F)cc1)c1nnc(-c2cccs2)o1. The highest BCUT2D eigenvalue weighted by atomic mass is 32.1. The van der Waals surface area contributed by atoms with Gasteiger partial charge in [0, 0.05) is 6.54 Å². The van der Waals surface area contributed by atoms with E-state index >= 15 is 0 Å². The van der Waals surface area contributed by atoms with Crippen molar-refractivity contribution in [3.05, 3.63) is 58.8 Å². The molecule has 0 radical (unpaired) electrons. The van der Waals surface area contributed by atoms with Gasteiger partial charge >= 0.3 is 18.0 Å². The fourth-order valence-electron chi connectivity index (χ4n) is 1.88. The van der Waals surface area contributed by atoms with Crippen LogP contribution in [0.15, 0.2) is 46.2 Å². The molecule has 3 rings (SSSR count). The maximum Gasteiger partial charge on any atom is 0.416 e. The molecule has 5 nitrogen and oxygen atoms in total. The lowest BCUT2D eigenvalue weighted by Crippen LogP contribution is -2.23. The zero-order valence-corrected chi connectivity index (χ0v) is 12.8. The molecule has 0 aliphatic rings. The second kappa shape index (κ2) is 6.44. The van der Waals surface area contributed by atoms with Gasteiger partial charge in [0.2, 0.25) is 0 Å². The summed E-state index contributed by atoms with van der Waals surface area (Å²) in [6, 6.07) is 8.12. The van der Waals surface area contributed by atoms with Crippen LogP contribution in [0.1, 0.15) is 21.8 Å². The number of rotatable bonds is 4. The summed E-state index contributed by atoms with van der Waals surface area (Å²) in [5, 5.41) is 11.8. The molecule has 2 heterocycles. The Labute approximate surface area is 138 Å². The van der Waals surface area contributed by atoms with Crippen LogP contribution in [0.3, 0.4) is 0 Å².